The number of nitrogens with zero attached hydrogens (tertiary/aromatic N) is 6. The maximum atomic E-state index is 13.6. The van der Waals surface area contributed by atoms with E-state index in [1.54, 1.807) is 0 Å². The van der Waals surface area contributed by atoms with Gasteiger partial charge in [0.15, 0.2) is 11.4 Å². The Bertz CT molecular complexity index is 2100. The molecule has 2 bridgehead atoms. The van der Waals surface area contributed by atoms with Gasteiger partial charge in [-0.1, -0.05) is 13.0 Å². The number of hydrogen-bond acceptors (Lipinski definition) is 5. The number of benzene rings is 1. The minimum atomic E-state index is 0.135. The van der Waals surface area contributed by atoms with Gasteiger partial charge >= 0.3 is 0 Å². The van der Waals surface area contributed by atoms with Crippen LogP contribution in [0.15, 0.2) is 59.1 Å². The van der Waals surface area contributed by atoms with Crippen molar-refractivity contribution in [2.75, 3.05) is 6.54 Å². The van der Waals surface area contributed by atoms with E-state index in [1.807, 2.05) is 35.7 Å². The first kappa shape index (κ1) is 25.1. The lowest BCUT2D eigenvalue weighted by molar-refractivity contribution is 0.0696. The summed E-state index contributed by atoms with van der Waals surface area (Å²) in [5, 5.41) is 10.6. The highest BCUT2D eigenvalue weighted by Gasteiger charge is 2.46. The molecule has 216 valence electrons. The third kappa shape index (κ3) is 3.81. The zero-order chi connectivity index (χ0) is 29.0. The lowest BCUT2D eigenvalue weighted by atomic mass is 10.0. The lowest BCUT2D eigenvalue weighted by Gasteiger charge is -2.27. The summed E-state index contributed by atoms with van der Waals surface area (Å²) < 4.78 is 10.9. The smallest absolute Gasteiger partial charge is 0.254 e. The van der Waals surface area contributed by atoms with Gasteiger partial charge in [0.05, 0.1) is 11.4 Å². The predicted molar refractivity (Wildman–Crippen MR) is 166 cm³/mol. The molecule has 3 atom stereocenters. The van der Waals surface area contributed by atoms with Crippen LogP contribution in [0, 0.1) is 31.6 Å². The number of likely N-dealkylation sites (tertiary alicyclic amines) is 1. The molecule has 9 rings (SSSR count). The van der Waals surface area contributed by atoms with Crippen LogP contribution >= 0.6 is 0 Å². The Hall–Kier alpha value is -4.46. The first-order valence-corrected chi connectivity index (χ1v) is 15.6. The van der Waals surface area contributed by atoms with Crippen LogP contribution in [0.2, 0.25) is 0 Å². The van der Waals surface area contributed by atoms with Gasteiger partial charge in [-0.3, -0.25) is 9.20 Å². The van der Waals surface area contributed by atoms with Gasteiger partial charge < -0.3 is 13.9 Å². The van der Waals surface area contributed by atoms with Gasteiger partial charge in [0.1, 0.15) is 17.1 Å². The largest absolute Gasteiger partial charge is 0.454 e. The molecule has 6 heterocycles. The average Bonchev–Trinajstić information content (AvgIpc) is 3.23. The molecule has 3 aliphatic rings. The van der Waals surface area contributed by atoms with Gasteiger partial charge in [-0.15, -0.1) is 10.2 Å². The van der Waals surface area contributed by atoms with E-state index in [0.29, 0.717) is 23.8 Å². The van der Waals surface area contributed by atoms with E-state index in [2.05, 4.69) is 63.8 Å². The van der Waals surface area contributed by atoms with Crippen LogP contribution in [0.3, 0.4) is 0 Å². The molecule has 5 aromatic heterocycles. The third-order valence-electron chi connectivity index (χ3n) is 10.5. The lowest BCUT2D eigenvalue weighted by Crippen LogP contribution is -2.38. The number of aryl methyl sites for hydroxylation is 2. The first-order chi connectivity index (χ1) is 20.9. The molecule has 0 spiro atoms. The van der Waals surface area contributed by atoms with Crippen molar-refractivity contribution in [3.8, 4) is 22.7 Å². The van der Waals surface area contributed by atoms with E-state index < -0.39 is 0 Å². The second-order valence-corrected chi connectivity index (χ2v) is 13.1. The van der Waals surface area contributed by atoms with Crippen molar-refractivity contribution in [3.05, 3.63) is 71.7 Å². The molecule has 2 aliphatic carbocycles. The van der Waals surface area contributed by atoms with Crippen LogP contribution in [-0.4, -0.2) is 47.5 Å². The average molecular weight is 571 g/mol. The molecule has 3 fully saturated rings. The standard InChI is InChI=1S/C35H34N6O2/c1-19-26-8-11-29(19)41(18-26)35(42)25-6-9-27-20(2)33(43-31(27)15-25)30-14-24-7-10-28(36-34(24)40(30)17-22-4-5-22)23-12-13-39-21(3)37-38-32(39)16-23/h6-7,9-10,12-16,19,22,26,29H,4-5,8,11,17-18H2,1-3H3. The summed E-state index contributed by atoms with van der Waals surface area (Å²) in [5.74, 6) is 3.75. The molecule has 2 saturated carbocycles. The van der Waals surface area contributed by atoms with Crippen LogP contribution in [0.1, 0.15) is 54.4 Å². The van der Waals surface area contributed by atoms with E-state index >= 15 is 0 Å². The molecule has 8 nitrogen and oxygen atoms in total. The van der Waals surface area contributed by atoms with Crippen LogP contribution in [0.5, 0.6) is 0 Å². The summed E-state index contributed by atoms with van der Waals surface area (Å²) in [7, 11) is 0. The number of furan rings is 1. The maximum absolute atomic E-state index is 13.6. The van der Waals surface area contributed by atoms with Crippen molar-refractivity contribution in [3.63, 3.8) is 0 Å². The van der Waals surface area contributed by atoms with Crippen LogP contribution in [0.25, 0.3) is 50.4 Å². The number of pyridine rings is 2. The van der Waals surface area contributed by atoms with Crippen molar-refractivity contribution >= 4 is 33.6 Å². The maximum Gasteiger partial charge on any atom is 0.254 e. The van der Waals surface area contributed by atoms with Gasteiger partial charge in [-0.05, 0) is 99.7 Å². The fourth-order valence-electron chi connectivity index (χ4n) is 7.70. The molecule has 1 aliphatic heterocycles. The van der Waals surface area contributed by atoms with Crippen molar-refractivity contribution in [2.45, 2.75) is 59.0 Å². The normalized spacial score (nSPS) is 21.7. The minimum absolute atomic E-state index is 0.135. The molecule has 6 aromatic rings. The van der Waals surface area contributed by atoms with Crippen molar-refractivity contribution in [1.82, 2.24) is 29.0 Å². The van der Waals surface area contributed by atoms with Gasteiger partial charge in [0.25, 0.3) is 5.91 Å². The highest BCUT2D eigenvalue weighted by Crippen LogP contribution is 2.44. The monoisotopic (exact) mass is 570 g/mol. The summed E-state index contributed by atoms with van der Waals surface area (Å²) in [5.41, 5.74) is 7.32. The molecule has 0 N–H and O–H groups in total. The summed E-state index contributed by atoms with van der Waals surface area (Å²) >= 11 is 0. The van der Waals surface area contributed by atoms with E-state index in [1.165, 1.54) is 19.3 Å². The number of piperidine rings is 1. The van der Waals surface area contributed by atoms with Gasteiger partial charge in [-0.2, -0.15) is 0 Å². The van der Waals surface area contributed by atoms with Gasteiger partial charge in [-0.25, -0.2) is 4.98 Å². The van der Waals surface area contributed by atoms with E-state index in [9.17, 15) is 4.79 Å². The SMILES string of the molecule is Cc1c(-c2cc3ccc(-c4ccn5c(C)nnc5c4)nc3n2CC2CC2)oc2cc(C(=O)N3CC4CCC3C4C)ccc12. The molecular formula is C35H34N6O2. The minimum Gasteiger partial charge on any atom is -0.454 e. The second-order valence-electron chi connectivity index (χ2n) is 13.1. The Morgan fingerprint density at radius 3 is 2.67 bits per heavy atom. The number of amides is 1. The summed E-state index contributed by atoms with van der Waals surface area (Å²) in [6, 6.07) is 16.9. The molecule has 3 unspecified atom stereocenters. The Balaban J connectivity index is 1.12. The molecule has 0 radical (unpaired) electrons. The highest BCUT2D eigenvalue weighted by atomic mass is 16.3. The van der Waals surface area contributed by atoms with Crippen molar-refractivity contribution < 1.29 is 9.21 Å². The van der Waals surface area contributed by atoms with Crippen LogP contribution in [0.4, 0.5) is 0 Å². The zero-order valence-electron chi connectivity index (χ0n) is 24.7. The number of rotatable bonds is 5. The topological polar surface area (TPSA) is 81.5 Å². The number of hydrogen-bond donors (Lipinski definition) is 0. The number of aromatic nitrogens is 5. The zero-order valence-corrected chi connectivity index (χ0v) is 24.7. The van der Waals surface area contributed by atoms with Crippen molar-refractivity contribution in [2.24, 2.45) is 17.8 Å². The van der Waals surface area contributed by atoms with E-state index in [0.717, 1.165) is 86.8 Å². The van der Waals surface area contributed by atoms with Crippen molar-refractivity contribution in [1.29, 1.82) is 0 Å². The van der Waals surface area contributed by atoms with E-state index in [-0.39, 0.29) is 5.91 Å². The molecule has 1 amide bonds. The molecular weight excluding hydrogens is 536 g/mol. The third-order valence-corrected chi connectivity index (χ3v) is 10.5. The van der Waals surface area contributed by atoms with Crippen LogP contribution in [-0.2, 0) is 6.54 Å². The fourth-order valence-corrected chi connectivity index (χ4v) is 7.70. The molecule has 43 heavy (non-hydrogen) atoms. The summed E-state index contributed by atoms with van der Waals surface area (Å²) in [6.07, 6.45) is 6.86. The number of carbonyl (C=O) groups excluding carboxylic acids is 1. The quantitative estimate of drug-likeness (QED) is 0.222. The van der Waals surface area contributed by atoms with E-state index in [4.69, 9.17) is 9.40 Å². The highest BCUT2D eigenvalue weighted by molar-refractivity contribution is 6.00. The fraction of sp³-hybridized carbons (Fsp3) is 0.371. The predicted octanol–water partition coefficient (Wildman–Crippen LogP) is 7.06. The summed E-state index contributed by atoms with van der Waals surface area (Å²) in [4.78, 5) is 20.9. The molecule has 1 aromatic carbocycles. The first-order valence-electron chi connectivity index (χ1n) is 15.6. The van der Waals surface area contributed by atoms with Gasteiger partial charge in [0.2, 0.25) is 0 Å². The Morgan fingerprint density at radius 1 is 1.00 bits per heavy atom. The number of fused-ring (bicyclic) bond motifs is 5. The molecule has 1 saturated heterocycles. The Kier molecular flexibility index (Phi) is 5.26. The number of carbonyl (C=O) groups is 1. The summed E-state index contributed by atoms with van der Waals surface area (Å²) in [6.45, 7) is 8.17. The second kappa shape index (κ2) is 9.02. The van der Waals surface area contributed by atoms with Gasteiger partial charge in [0, 0.05) is 52.8 Å². The van der Waals surface area contributed by atoms with Crippen LogP contribution < -0.4 is 0 Å². The Labute approximate surface area is 249 Å². The Morgan fingerprint density at radius 2 is 1.88 bits per heavy atom. The molecule has 8 heteroatoms.